The van der Waals surface area contributed by atoms with Crippen molar-refractivity contribution in [2.75, 3.05) is 0 Å². The monoisotopic (exact) mass is 217 g/mol. The van der Waals surface area contributed by atoms with E-state index in [4.69, 9.17) is 4.42 Å². The summed E-state index contributed by atoms with van der Waals surface area (Å²) >= 11 is 0. The van der Waals surface area contributed by atoms with Gasteiger partial charge in [0, 0.05) is 12.0 Å². The molecule has 0 aliphatic carbocycles. The van der Waals surface area contributed by atoms with Crippen LogP contribution in [0.15, 0.2) is 29.0 Å². The van der Waals surface area contributed by atoms with E-state index in [9.17, 15) is 9.59 Å². The average molecular weight is 217 g/mol. The highest BCUT2D eigenvalue weighted by Gasteiger charge is 2.15. The fraction of sp³-hybridized carbons (Fsp3) is 0.250. The van der Waals surface area contributed by atoms with Crippen LogP contribution in [0.1, 0.15) is 30.1 Å². The topological polar surface area (TPSA) is 60.2 Å². The first-order valence-corrected chi connectivity index (χ1v) is 5.13. The smallest absolute Gasteiger partial charge is 0.228 e. The molecular formula is C12H11NO3. The summed E-state index contributed by atoms with van der Waals surface area (Å²) in [5.74, 6) is -0.818. The maximum atomic E-state index is 11.7. The van der Waals surface area contributed by atoms with Crippen LogP contribution < -0.4 is 0 Å². The van der Waals surface area contributed by atoms with E-state index in [1.165, 1.54) is 6.39 Å². The van der Waals surface area contributed by atoms with Crippen LogP contribution in [0.25, 0.3) is 11.1 Å². The molecule has 1 aromatic carbocycles. The molecule has 0 unspecified atom stereocenters. The number of ketones is 2. The molecule has 16 heavy (non-hydrogen) atoms. The second kappa shape index (κ2) is 4.26. The van der Waals surface area contributed by atoms with Gasteiger partial charge in [-0.15, -0.1) is 0 Å². The van der Waals surface area contributed by atoms with Crippen LogP contribution in [-0.2, 0) is 4.79 Å². The van der Waals surface area contributed by atoms with Gasteiger partial charge in [-0.05, 0) is 24.6 Å². The minimum absolute atomic E-state index is 0.285. The summed E-state index contributed by atoms with van der Waals surface area (Å²) in [5, 5.41) is 0. The Morgan fingerprint density at radius 1 is 1.38 bits per heavy atom. The highest BCUT2D eigenvalue weighted by molar-refractivity contribution is 6.43. The second-order valence-corrected chi connectivity index (χ2v) is 3.54. The average Bonchev–Trinajstić information content (AvgIpc) is 2.75. The summed E-state index contributed by atoms with van der Waals surface area (Å²) in [4.78, 5) is 27.0. The van der Waals surface area contributed by atoms with E-state index >= 15 is 0 Å². The predicted molar refractivity (Wildman–Crippen MR) is 58.3 cm³/mol. The SMILES string of the molecule is CCCC(=O)C(=O)c1ccc2ncoc2c1. The largest absolute Gasteiger partial charge is 0.443 e. The highest BCUT2D eigenvalue weighted by Crippen LogP contribution is 2.15. The van der Waals surface area contributed by atoms with Gasteiger partial charge in [0.25, 0.3) is 0 Å². The van der Waals surface area contributed by atoms with Crippen molar-refractivity contribution in [3.63, 3.8) is 0 Å². The molecule has 0 aliphatic rings. The molecule has 0 fully saturated rings. The first-order chi connectivity index (χ1) is 7.72. The van der Waals surface area contributed by atoms with Gasteiger partial charge in [-0.2, -0.15) is 0 Å². The lowest BCUT2D eigenvalue weighted by molar-refractivity contribution is -0.115. The number of rotatable bonds is 4. The summed E-state index contributed by atoms with van der Waals surface area (Å²) in [5.41, 5.74) is 1.57. The van der Waals surface area contributed by atoms with Crippen LogP contribution in [0.5, 0.6) is 0 Å². The molecule has 0 radical (unpaired) electrons. The van der Waals surface area contributed by atoms with Gasteiger partial charge in [0.2, 0.25) is 11.6 Å². The number of benzene rings is 1. The number of fused-ring (bicyclic) bond motifs is 1. The lowest BCUT2D eigenvalue weighted by Crippen LogP contribution is -2.13. The number of nitrogens with zero attached hydrogens (tertiary/aromatic N) is 1. The molecule has 0 saturated heterocycles. The van der Waals surface area contributed by atoms with Gasteiger partial charge in [0.1, 0.15) is 5.52 Å². The third-order valence-corrected chi connectivity index (χ3v) is 2.32. The van der Waals surface area contributed by atoms with Crippen LogP contribution in [0.3, 0.4) is 0 Å². The number of hydrogen-bond donors (Lipinski definition) is 0. The van der Waals surface area contributed by atoms with Crippen LogP contribution in [-0.4, -0.2) is 16.6 Å². The number of Topliss-reactive ketones (excluding diaryl/α,β-unsaturated/α-hetero) is 2. The molecule has 2 aromatic rings. The first kappa shape index (κ1) is 10.5. The number of carbonyl (C=O) groups is 2. The highest BCUT2D eigenvalue weighted by atomic mass is 16.3. The Bertz CT molecular complexity index is 542. The molecule has 1 heterocycles. The predicted octanol–water partition coefficient (Wildman–Crippen LogP) is 2.38. The fourth-order valence-electron chi connectivity index (χ4n) is 1.50. The van der Waals surface area contributed by atoms with Crippen molar-refractivity contribution in [3.05, 3.63) is 30.2 Å². The van der Waals surface area contributed by atoms with Crippen LogP contribution in [0.4, 0.5) is 0 Å². The number of hydrogen-bond acceptors (Lipinski definition) is 4. The Balaban J connectivity index is 2.32. The van der Waals surface area contributed by atoms with Gasteiger partial charge in [-0.1, -0.05) is 6.92 Å². The molecule has 0 bridgehead atoms. The molecule has 82 valence electrons. The molecule has 4 heteroatoms. The Labute approximate surface area is 92.3 Å². The molecule has 0 saturated carbocycles. The van der Waals surface area contributed by atoms with Gasteiger partial charge < -0.3 is 4.42 Å². The molecule has 0 aliphatic heterocycles. The molecule has 0 amide bonds. The summed E-state index contributed by atoms with van der Waals surface area (Å²) in [6.07, 6.45) is 2.27. The van der Waals surface area contributed by atoms with Crippen molar-refractivity contribution in [1.82, 2.24) is 4.98 Å². The summed E-state index contributed by atoms with van der Waals surface area (Å²) < 4.78 is 5.07. The van der Waals surface area contributed by atoms with Gasteiger partial charge in [0.05, 0.1) is 0 Å². The standard InChI is InChI=1S/C12H11NO3/c1-2-3-10(14)12(15)8-4-5-9-11(6-8)16-7-13-9/h4-7H,2-3H2,1H3. The van der Waals surface area contributed by atoms with Crippen molar-refractivity contribution in [1.29, 1.82) is 0 Å². The number of oxazole rings is 1. The summed E-state index contributed by atoms with van der Waals surface area (Å²) in [6, 6.07) is 4.82. The third kappa shape index (κ3) is 1.86. The zero-order chi connectivity index (χ0) is 11.5. The molecular weight excluding hydrogens is 206 g/mol. The lowest BCUT2D eigenvalue weighted by Gasteiger charge is -1.98. The van der Waals surface area contributed by atoms with Crippen molar-refractivity contribution in [3.8, 4) is 0 Å². The maximum absolute atomic E-state index is 11.7. The van der Waals surface area contributed by atoms with Crippen molar-refractivity contribution in [2.24, 2.45) is 0 Å². The summed E-state index contributed by atoms with van der Waals surface area (Å²) in [6.45, 7) is 1.87. The Morgan fingerprint density at radius 3 is 2.94 bits per heavy atom. The van der Waals surface area contributed by atoms with Crippen molar-refractivity contribution >= 4 is 22.7 Å². The Kier molecular flexibility index (Phi) is 2.81. The van der Waals surface area contributed by atoms with E-state index in [2.05, 4.69) is 4.98 Å². The van der Waals surface area contributed by atoms with Gasteiger partial charge in [-0.25, -0.2) is 4.98 Å². The van der Waals surface area contributed by atoms with Gasteiger partial charge in [0.15, 0.2) is 12.0 Å². The molecule has 0 spiro atoms. The quantitative estimate of drug-likeness (QED) is 0.582. The van der Waals surface area contributed by atoms with Crippen molar-refractivity contribution < 1.29 is 14.0 Å². The van der Waals surface area contributed by atoms with Gasteiger partial charge >= 0.3 is 0 Å². The molecule has 0 N–H and O–H groups in total. The Morgan fingerprint density at radius 2 is 2.19 bits per heavy atom. The van der Waals surface area contributed by atoms with Crippen molar-refractivity contribution in [2.45, 2.75) is 19.8 Å². The van der Waals surface area contributed by atoms with Crippen LogP contribution >= 0.6 is 0 Å². The van der Waals surface area contributed by atoms with E-state index in [-0.39, 0.29) is 12.2 Å². The van der Waals surface area contributed by atoms with E-state index in [1.54, 1.807) is 18.2 Å². The normalized spacial score (nSPS) is 10.6. The molecule has 2 rings (SSSR count). The van der Waals surface area contributed by atoms with E-state index in [1.807, 2.05) is 6.92 Å². The van der Waals surface area contributed by atoms with Crippen LogP contribution in [0, 0.1) is 0 Å². The molecule has 4 nitrogen and oxygen atoms in total. The third-order valence-electron chi connectivity index (χ3n) is 2.32. The molecule has 1 aromatic heterocycles. The minimum atomic E-state index is -0.458. The van der Waals surface area contributed by atoms with E-state index < -0.39 is 5.78 Å². The van der Waals surface area contributed by atoms with E-state index in [0.717, 1.165) is 0 Å². The molecule has 0 atom stereocenters. The number of aromatic nitrogens is 1. The van der Waals surface area contributed by atoms with Gasteiger partial charge in [-0.3, -0.25) is 9.59 Å². The van der Waals surface area contributed by atoms with E-state index in [0.29, 0.717) is 23.1 Å². The maximum Gasteiger partial charge on any atom is 0.228 e. The lowest BCUT2D eigenvalue weighted by atomic mass is 10.0. The first-order valence-electron chi connectivity index (χ1n) is 5.13. The second-order valence-electron chi connectivity index (χ2n) is 3.54. The summed E-state index contributed by atoms with van der Waals surface area (Å²) in [7, 11) is 0. The zero-order valence-corrected chi connectivity index (χ0v) is 8.90. The Hall–Kier alpha value is -1.97. The van der Waals surface area contributed by atoms with Crippen LogP contribution in [0.2, 0.25) is 0 Å². The zero-order valence-electron chi connectivity index (χ0n) is 8.90. The fourth-order valence-corrected chi connectivity index (χ4v) is 1.50. The minimum Gasteiger partial charge on any atom is -0.443 e. The number of carbonyl (C=O) groups excluding carboxylic acids is 2.